The molecule has 0 aliphatic carbocycles. The van der Waals surface area contributed by atoms with Crippen molar-refractivity contribution < 1.29 is 9.84 Å². The van der Waals surface area contributed by atoms with Gasteiger partial charge in [-0.2, -0.15) is 5.10 Å². The Labute approximate surface area is 162 Å². The number of aromatic amines is 1. The monoisotopic (exact) mass is 384 g/mol. The van der Waals surface area contributed by atoms with Gasteiger partial charge in [-0.05, 0) is 31.5 Å². The largest absolute Gasteiger partial charge is 0.497 e. The second kappa shape index (κ2) is 7.80. The van der Waals surface area contributed by atoms with E-state index in [-0.39, 0.29) is 12.0 Å². The van der Waals surface area contributed by atoms with Gasteiger partial charge in [0.2, 0.25) is 0 Å². The maximum absolute atomic E-state index is 10.4. The van der Waals surface area contributed by atoms with E-state index >= 15 is 0 Å². The van der Waals surface area contributed by atoms with Crippen molar-refractivity contribution in [3.63, 3.8) is 0 Å². The molecule has 2 atom stereocenters. The minimum absolute atomic E-state index is 0.221. The van der Waals surface area contributed by atoms with Gasteiger partial charge < -0.3 is 9.84 Å². The Morgan fingerprint density at radius 3 is 3.00 bits per heavy atom. The van der Waals surface area contributed by atoms with Gasteiger partial charge in [-0.3, -0.25) is 10.00 Å². The summed E-state index contributed by atoms with van der Waals surface area (Å²) in [4.78, 5) is 8.08. The highest BCUT2D eigenvalue weighted by Crippen LogP contribution is 2.30. The van der Waals surface area contributed by atoms with Gasteiger partial charge in [-0.15, -0.1) is 11.3 Å². The fraction of sp³-hybridized carbons (Fsp3) is 0.400. The Kier molecular flexibility index (Phi) is 5.24. The second-order valence-corrected chi connectivity index (χ2v) is 8.25. The molecule has 142 valence electrons. The smallest absolute Gasteiger partial charge is 0.123 e. The van der Waals surface area contributed by atoms with Gasteiger partial charge in [0.1, 0.15) is 10.8 Å². The third-order valence-electron chi connectivity index (χ3n) is 4.96. The lowest BCUT2D eigenvalue weighted by atomic mass is 10.0. The normalized spacial score (nSPS) is 20.3. The van der Waals surface area contributed by atoms with Crippen molar-refractivity contribution in [1.29, 1.82) is 0 Å². The van der Waals surface area contributed by atoms with Gasteiger partial charge in [0.05, 0.1) is 18.9 Å². The third-order valence-corrected chi connectivity index (χ3v) is 5.99. The average molecular weight is 385 g/mol. The molecule has 0 amide bonds. The second-order valence-electron chi connectivity index (χ2n) is 7.13. The number of nitrogens with zero attached hydrogens (tertiary/aromatic N) is 3. The molecule has 7 heteroatoms. The van der Waals surface area contributed by atoms with E-state index < -0.39 is 0 Å². The number of β-amino-alcohol motifs (C(OH)–C–C–N with tert-alkyl or cyclic N) is 1. The summed E-state index contributed by atoms with van der Waals surface area (Å²) in [6, 6.07) is 10.0. The standard InChI is InChI=1S/C20H24N4O2S/c1-13-6-16(23-22-13)7-15-10-24(12-19(15)25)11-18-9-21-20(27-18)14-4-3-5-17(8-14)26-2/h3-6,8-9,15,19,25H,7,10-12H2,1-2H3,(H,22,23)/t15-,19-/m1/s1. The van der Waals surface area contributed by atoms with Gasteiger partial charge >= 0.3 is 0 Å². The topological polar surface area (TPSA) is 74.3 Å². The van der Waals surface area contributed by atoms with E-state index in [9.17, 15) is 5.11 Å². The molecule has 1 aromatic carbocycles. The number of H-pyrrole nitrogens is 1. The first kappa shape index (κ1) is 18.2. The van der Waals surface area contributed by atoms with Crippen LogP contribution in [0.15, 0.2) is 36.5 Å². The van der Waals surface area contributed by atoms with E-state index in [4.69, 9.17) is 4.74 Å². The molecule has 3 heterocycles. The van der Waals surface area contributed by atoms with Gasteiger partial charge in [0, 0.05) is 47.9 Å². The van der Waals surface area contributed by atoms with Crippen LogP contribution in [0.4, 0.5) is 0 Å². The number of likely N-dealkylation sites (tertiary alicyclic amines) is 1. The van der Waals surface area contributed by atoms with Gasteiger partial charge in [-0.25, -0.2) is 4.98 Å². The summed E-state index contributed by atoms with van der Waals surface area (Å²) < 4.78 is 5.30. The quantitative estimate of drug-likeness (QED) is 0.684. The maximum atomic E-state index is 10.4. The Hall–Kier alpha value is -2.22. The number of hydrogen-bond donors (Lipinski definition) is 2. The molecule has 0 bridgehead atoms. The predicted molar refractivity (Wildman–Crippen MR) is 106 cm³/mol. The summed E-state index contributed by atoms with van der Waals surface area (Å²) in [7, 11) is 1.67. The summed E-state index contributed by atoms with van der Waals surface area (Å²) in [6.07, 6.45) is 2.43. The van der Waals surface area contributed by atoms with Crippen molar-refractivity contribution in [2.24, 2.45) is 5.92 Å². The van der Waals surface area contributed by atoms with E-state index in [1.165, 1.54) is 4.88 Å². The zero-order chi connectivity index (χ0) is 18.8. The molecular weight excluding hydrogens is 360 g/mol. The molecular formula is C20H24N4O2S. The molecule has 0 saturated carbocycles. The van der Waals surface area contributed by atoms with Crippen LogP contribution in [0.2, 0.25) is 0 Å². The molecule has 2 N–H and O–H groups in total. The number of thiazole rings is 1. The van der Waals surface area contributed by atoms with E-state index in [0.717, 1.165) is 47.2 Å². The summed E-state index contributed by atoms with van der Waals surface area (Å²) in [5.41, 5.74) is 3.15. The van der Waals surface area contributed by atoms with Crippen LogP contribution >= 0.6 is 11.3 Å². The van der Waals surface area contributed by atoms with Crippen molar-refractivity contribution >= 4 is 11.3 Å². The van der Waals surface area contributed by atoms with Crippen LogP contribution in [0, 0.1) is 12.8 Å². The summed E-state index contributed by atoms with van der Waals surface area (Å²) >= 11 is 1.69. The number of aliphatic hydroxyl groups is 1. The Bertz CT molecular complexity index is 907. The van der Waals surface area contributed by atoms with Crippen LogP contribution in [0.1, 0.15) is 16.3 Å². The lowest BCUT2D eigenvalue weighted by Gasteiger charge is -2.13. The molecule has 1 aliphatic rings. The molecule has 2 aromatic heterocycles. The Balaban J connectivity index is 1.39. The number of hydrogen-bond acceptors (Lipinski definition) is 6. The zero-order valence-corrected chi connectivity index (χ0v) is 16.4. The zero-order valence-electron chi connectivity index (χ0n) is 15.6. The van der Waals surface area contributed by atoms with Crippen LogP contribution in [0.3, 0.4) is 0 Å². The van der Waals surface area contributed by atoms with Gasteiger partial charge in [0.25, 0.3) is 0 Å². The number of benzene rings is 1. The van der Waals surface area contributed by atoms with Crippen LogP contribution in [-0.2, 0) is 13.0 Å². The van der Waals surface area contributed by atoms with Gasteiger partial charge in [0.15, 0.2) is 0 Å². The minimum atomic E-state index is -0.312. The molecule has 1 saturated heterocycles. The van der Waals surface area contributed by atoms with E-state index in [2.05, 4.69) is 26.1 Å². The number of aliphatic hydroxyl groups excluding tert-OH is 1. The van der Waals surface area contributed by atoms with E-state index in [1.54, 1.807) is 18.4 Å². The highest BCUT2D eigenvalue weighted by Gasteiger charge is 2.32. The fourth-order valence-electron chi connectivity index (χ4n) is 3.61. The molecule has 4 rings (SSSR count). The number of aromatic nitrogens is 3. The highest BCUT2D eigenvalue weighted by molar-refractivity contribution is 7.15. The number of nitrogens with one attached hydrogen (secondary N) is 1. The SMILES string of the molecule is COc1cccc(-c2ncc(CN3C[C@@H](Cc4cc(C)[nH]n4)[C@H](O)C3)s2)c1. The van der Waals surface area contributed by atoms with Gasteiger partial charge in [-0.1, -0.05) is 12.1 Å². The number of aryl methyl sites for hydroxylation is 1. The lowest BCUT2D eigenvalue weighted by Crippen LogP contribution is -2.20. The van der Waals surface area contributed by atoms with E-state index in [1.807, 2.05) is 37.4 Å². The van der Waals surface area contributed by atoms with Crippen LogP contribution in [0.5, 0.6) is 5.75 Å². The lowest BCUT2D eigenvalue weighted by molar-refractivity contribution is 0.140. The predicted octanol–water partition coefficient (Wildman–Crippen LogP) is 2.89. The summed E-state index contributed by atoms with van der Waals surface area (Å²) in [5, 5.41) is 18.7. The Morgan fingerprint density at radius 1 is 1.33 bits per heavy atom. The summed E-state index contributed by atoms with van der Waals surface area (Å²) in [6.45, 7) is 4.38. The van der Waals surface area contributed by atoms with Crippen LogP contribution < -0.4 is 4.74 Å². The molecule has 27 heavy (non-hydrogen) atoms. The number of rotatable bonds is 6. The fourth-order valence-corrected chi connectivity index (χ4v) is 4.56. The highest BCUT2D eigenvalue weighted by atomic mass is 32.1. The number of ether oxygens (including phenoxy) is 1. The molecule has 0 spiro atoms. The third kappa shape index (κ3) is 4.21. The average Bonchev–Trinajstić information content (AvgIpc) is 3.37. The minimum Gasteiger partial charge on any atom is -0.497 e. The van der Waals surface area contributed by atoms with Crippen LogP contribution in [0.25, 0.3) is 10.6 Å². The van der Waals surface area contributed by atoms with E-state index in [0.29, 0.717) is 6.54 Å². The summed E-state index contributed by atoms with van der Waals surface area (Å²) in [5.74, 6) is 1.06. The molecule has 1 aliphatic heterocycles. The molecule has 0 radical (unpaired) electrons. The molecule has 0 unspecified atom stereocenters. The molecule has 6 nitrogen and oxygen atoms in total. The van der Waals surface area contributed by atoms with Crippen LogP contribution in [-0.4, -0.2) is 51.5 Å². The van der Waals surface area contributed by atoms with Crippen molar-refractivity contribution in [2.45, 2.75) is 26.0 Å². The first-order valence-corrected chi connectivity index (χ1v) is 9.93. The number of methoxy groups -OCH3 is 1. The Morgan fingerprint density at radius 2 is 2.22 bits per heavy atom. The van der Waals surface area contributed by atoms with Crippen molar-refractivity contribution in [3.05, 3.63) is 52.8 Å². The maximum Gasteiger partial charge on any atom is 0.123 e. The van der Waals surface area contributed by atoms with Crippen molar-refractivity contribution in [2.75, 3.05) is 20.2 Å². The van der Waals surface area contributed by atoms with Crippen molar-refractivity contribution in [1.82, 2.24) is 20.1 Å². The van der Waals surface area contributed by atoms with Crippen molar-refractivity contribution in [3.8, 4) is 16.3 Å². The molecule has 3 aromatic rings. The first-order chi connectivity index (χ1) is 13.1. The first-order valence-electron chi connectivity index (χ1n) is 9.11. The molecule has 1 fully saturated rings.